The molecule has 102 valence electrons. The van der Waals surface area contributed by atoms with Crippen LogP contribution in [0.1, 0.15) is 0 Å². The summed E-state index contributed by atoms with van der Waals surface area (Å²) in [4.78, 5) is 20.4. The highest BCUT2D eigenvalue weighted by Crippen LogP contribution is 2.36. The lowest BCUT2D eigenvalue weighted by molar-refractivity contribution is -0.421. The Balaban J connectivity index is 2.46. The summed E-state index contributed by atoms with van der Waals surface area (Å²) in [5.74, 6) is 0. The van der Waals surface area contributed by atoms with Gasteiger partial charge in [-0.25, -0.2) is 0 Å². The van der Waals surface area contributed by atoms with E-state index >= 15 is 0 Å². The number of para-hydroxylation sites is 1. The van der Waals surface area contributed by atoms with Crippen molar-refractivity contribution >= 4 is 38.7 Å². The summed E-state index contributed by atoms with van der Waals surface area (Å²) in [6.07, 6.45) is 0. The van der Waals surface area contributed by atoms with Crippen LogP contribution in [0.25, 0.3) is 0 Å². The molecule has 7 nitrogen and oxygen atoms in total. The van der Waals surface area contributed by atoms with E-state index in [2.05, 4.69) is 21.2 Å². The van der Waals surface area contributed by atoms with Crippen LogP contribution in [0, 0.1) is 20.2 Å². The molecule has 2 rings (SSSR count). The molecule has 2 aromatic rings. The van der Waals surface area contributed by atoms with Gasteiger partial charge < -0.3 is 5.32 Å². The SMILES string of the molecule is O=[N+]([O-])c1cccc(Nc2ccc(Br)cc2)c1[N+](=O)[O-]. The number of anilines is 2. The molecule has 0 radical (unpaired) electrons. The van der Waals surface area contributed by atoms with E-state index in [-0.39, 0.29) is 5.69 Å². The van der Waals surface area contributed by atoms with E-state index in [0.29, 0.717) is 5.69 Å². The third-order valence-corrected chi connectivity index (χ3v) is 3.05. The van der Waals surface area contributed by atoms with Gasteiger partial charge in [0.25, 0.3) is 0 Å². The van der Waals surface area contributed by atoms with Crippen LogP contribution in [0.15, 0.2) is 46.9 Å². The number of benzene rings is 2. The molecule has 0 unspecified atom stereocenters. The number of nitrogens with zero attached hydrogens (tertiary/aromatic N) is 2. The van der Waals surface area contributed by atoms with Crippen LogP contribution in [0.4, 0.5) is 22.7 Å². The predicted molar refractivity (Wildman–Crippen MR) is 77.2 cm³/mol. The van der Waals surface area contributed by atoms with Crippen LogP contribution < -0.4 is 5.32 Å². The molecule has 0 aliphatic heterocycles. The Morgan fingerprint density at radius 1 is 0.950 bits per heavy atom. The second-order valence-corrected chi connectivity index (χ2v) is 4.74. The van der Waals surface area contributed by atoms with Gasteiger partial charge in [-0.3, -0.25) is 20.2 Å². The molecule has 8 heteroatoms. The second-order valence-electron chi connectivity index (χ2n) is 3.82. The quantitative estimate of drug-likeness (QED) is 0.671. The molecule has 2 aromatic carbocycles. The Bertz CT molecular complexity index is 673. The van der Waals surface area contributed by atoms with E-state index < -0.39 is 21.2 Å². The Morgan fingerprint density at radius 3 is 2.15 bits per heavy atom. The Morgan fingerprint density at radius 2 is 1.60 bits per heavy atom. The summed E-state index contributed by atoms with van der Waals surface area (Å²) in [5.41, 5.74) is -0.430. The highest BCUT2D eigenvalue weighted by atomic mass is 79.9. The fraction of sp³-hybridized carbons (Fsp3) is 0. The van der Waals surface area contributed by atoms with E-state index in [0.717, 1.165) is 10.5 Å². The zero-order valence-corrected chi connectivity index (χ0v) is 11.5. The number of nitrogens with one attached hydrogen (secondary N) is 1. The van der Waals surface area contributed by atoms with Gasteiger partial charge in [0.05, 0.1) is 9.85 Å². The summed E-state index contributed by atoms with van der Waals surface area (Å²) >= 11 is 3.27. The molecule has 0 amide bonds. The molecule has 1 N–H and O–H groups in total. The Labute approximate surface area is 121 Å². The van der Waals surface area contributed by atoms with Crippen LogP contribution >= 0.6 is 15.9 Å². The lowest BCUT2D eigenvalue weighted by Gasteiger charge is -2.07. The number of hydrogen-bond acceptors (Lipinski definition) is 5. The zero-order valence-electron chi connectivity index (χ0n) is 9.95. The number of rotatable bonds is 4. The predicted octanol–water partition coefficient (Wildman–Crippen LogP) is 4.01. The fourth-order valence-corrected chi connectivity index (χ4v) is 1.92. The third-order valence-electron chi connectivity index (χ3n) is 2.52. The van der Waals surface area contributed by atoms with E-state index in [1.54, 1.807) is 24.3 Å². The fourth-order valence-electron chi connectivity index (χ4n) is 1.66. The summed E-state index contributed by atoms with van der Waals surface area (Å²) < 4.78 is 0.858. The van der Waals surface area contributed by atoms with E-state index in [9.17, 15) is 20.2 Å². The van der Waals surface area contributed by atoms with Gasteiger partial charge in [0.2, 0.25) is 0 Å². The minimum absolute atomic E-state index is 0.0755. The molecular weight excluding hydrogens is 330 g/mol. The first-order valence-electron chi connectivity index (χ1n) is 5.43. The molecule has 0 aliphatic carbocycles. The van der Waals surface area contributed by atoms with Crippen molar-refractivity contribution in [1.82, 2.24) is 0 Å². The minimum atomic E-state index is -0.773. The van der Waals surface area contributed by atoms with Gasteiger partial charge in [-0.15, -0.1) is 0 Å². The van der Waals surface area contributed by atoms with Crippen LogP contribution in [0.3, 0.4) is 0 Å². The molecule has 0 aliphatic rings. The Kier molecular flexibility index (Phi) is 3.94. The summed E-state index contributed by atoms with van der Waals surface area (Å²) in [6.45, 7) is 0. The summed E-state index contributed by atoms with van der Waals surface area (Å²) in [6, 6.07) is 10.8. The molecule has 0 aromatic heterocycles. The van der Waals surface area contributed by atoms with E-state index in [4.69, 9.17) is 0 Å². The molecule has 0 saturated heterocycles. The normalized spacial score (nSPS) is 10.1. The first-order chi connectivity index (χ1) is 9.49. The number of nitro benzene ring substituents is 2. The van der Waals surface area contributed by atoms with Gasteiger partial charge in [-0.2, -0.15) is 0 Å². The van der Waals surface area contributed by atoms with Crippen molar-refractivity contribution in [2.24, 2.45) is 0 Å². The number of nitro groups is 2. The van der Waals surface area contributed by atoms with Crippen LogP contribution in [-0.2, 0) is 0 Å². The first-order valence-corrected chi connectivity index (χ1v) is 6.22. The van der Waals surface area contributed by atoms with Crippen molar-refractivity contribution in [3.05, 3.63) is 67.2 Å². The van der Waals surface area contributed by atoms with Gasteiger partial charge in [0, 0.05) is 16.2 Å². The van der Waals surface area contributed by atoms with Gasteiger partial charge in [0.1, 0.15) is 5.69 Å². The van der Waals surface area contributed by atoms with Crippen molar-refractivity contribution < 1.29 is 9.85 Å². The summed E-state index contributed by atoms with van der Waals surface area (Å²) in [5, 5.41) is 24.7. The lowest BCUT2D eigenvalue weighted by Crippen LogP contribution is -2.01. The van der Waals surface area contributed by atoms with E-state index in [1.165, 1.54) is 12.1 Å². The third kappa shape index (κ3) is 2.91. The maximum Gasteiger partial charge on any atom is 0.369 e. The topological polar surface area (TPSA) is 98.3 Å². The van der Waals surface area contributed by atoms with Crippen LogP contribution in [-0.4, -0.2) is 9.85 Å². The van der Waals surface area contributed by atoms with E-state index in [1.807, 2.05) is 0 Å². The molecule has 0 bridgehead atoms. The van der Waals surface area contributed by atoms with Crippen LogP contribution in [0.5, 0.6) is 0 Å². The van der Waals surface area contributed by atoms with Gasteiger partial charge in [0.15, 0.2) is 0 Å². The first kappa shape index (κ1) is 13.9. The minimum Gasteiger partial charge on any atom is -0.350 e. The standard InChI is InChI=1S/C12H8BrN3O4/c13-8-4-6-9(7-5-8)14-10-2-1-3-11(15(17)18)12(10)16(19)20/h1-7,14H. The van der Waals surface area contributed by atoms with Crippen molar-refractivity contribution in [2.45, 2.75) is 0 Å². The molecule has 0 saturated carbocycles. The van der Waals surface area contributed by atoms with Gasteiger partial charge >= 0.3 is 11.4 Å². The van der Waals surface area contributed by atoms with Gasteiger partial charge in [-0.05, 0) is 30.3 Å². The van der Waals surface area contributed by atoms with Gasteiger partial charge in [-0.1, -0.05) is 22.0 Å². The van der Waals surface area contributed by atoms with Crippen molar-refractivity contribution in [2.75, 3.05) is 5.32 Å². The highest BCUT2D eigenvalue weighted by Gasteiger charge is 2.28. The Hall–Kier alpha value is -2.48. The maximum absolute atomic E-state index is 11.0. The summed E-state index contributed by atoms with van der Waals surface area (Å²) in [7, 11) is 0. The van der Waals surface area contributed by atoms with Crippen molar-refractivity contribution in [3.63, 3.8) is 0 Å². The molecule has 20 heavy (non-hydrogen) atoms. The van der Waals surface area contributed by atoms with Crippen molar-refractivity contribution in [3.8, 4) is 0 Å². The number of hydrogen-bond donors (Lipinski definition) is 1. The molecule has 0 heterocycles. The molecule has 0 atom stereocenters. The van der Waals surface area contributed by atoms with Crippen LogP contribution in [0.2, 0.25) is 0 Å². The maximum atomic E-state index is 11.0. The average Bonchev–Trinajstić information content (AvgIpc) is 2.40. The average molecular weight is 338 g/mol. The molecular formula is C12H8BrN3O4. The zero-order chi connectivity index (χ0) is 14.7. The molecule has 0 spiro atoms. The highest BCUT2D eigenvalue weighted by molar-refractivity contribution is 9.10. The number of halogens is 1. The largest absolute Gasteiger partial charge is 0.369 e. The monoisotopic (exact) mass is 337 g/mol. The molecule has 0 fully saturated rings. The second kappa shape index (κ2) is 5.66. The smallest absolute Gasteiger partial charge is 0.350 e. The van der Waals surface area contributed by atoms with Crippen molar-refractivity contribution in [1.29, 1.82) is 0 Å². The lowest BCUT2D eigenvalue weighted by atomic mass is 10.2.